The Hall–Kier alpha value is -2.38. The Balaban J connectivity index is 1.50. The van der Waals surface area contributed by atoms with E-state index in [-0.39, 0.29) is 28.8 Å². The number of carbonyl (C=O) groups excluding carboxylic acids is 2. The highest BCUT2D eigenvalue weighted by atomic mass is 16.4. The normalized spacial score (nSPS) is 24.4. The first-order valence-electron chi connectivity index (χ1n) is 9.56. The summed E-state index contributed by atoms with van der Waals surface area (Å²) in [5, 5.41) is 9.69. The van der Waals surface area contributed by atoms with E-state index in [9.17, 15) is 19.5 Å². The van der Waals surface area contributed by atoms with Crippen molar-refractivity contribution < 1.29 is 23.9 Å². The molecule has 1 spiro atoms. The molecule has 1 aromatic heterocycles. The number of rotatable bonds is 3. The molecule has 27 heavy (non-hydrogen) atoms. The maximum atomic E-state index is 13.0. The molecule has 3 aliphatic rings. The van der Waals surface area contributed by atoms with Gasteiger partial charge >= 0.3 is 5.97 Å². The van der Waals surface area contributed by atoms with Gasteiger partial charge in [-0.1, -0.05) is 0 Å². The van der Waals surface area contributed by atoms with Crippen molar-refractivity contribution >= 4 is 17.8 Å². The van der Waals surface area contributed by atoms with Crippen molar-refractivity contribution in [1.82, 2.24) is 14.8 Å². The summed E-state index contributed by atoms with van der Waals surface area (Å²) in [4.78, 5) is 44.6. The highest BCUT2D eigenvalue weighted by molar-refractivity contribution is 5.96. The number of piperidine rings is 1. The predicted molar refractivity (Wildman–Crippen MR) is 94.0 cm³/mol. The van der Waals surface area contributed by atoms with Crippen molar-refractivity contribution in [3.63, 3.8) is 0 Å². The smallest absolute Gasteiger partial charge is 0.326 e. The summed E-state index contributed by atoms with van der Waals surface area (Å²) in [7, 11) is 0. The molecule has 2 amide bonds. The van der Waals surface area contributed by atoms with E-state index in [1.165, 1.54) is 4.90 Å². The number of oxazole rings is 1. The van der Waals surface area contributed by atoms with Crippen LogP contribution in [0.15, 0.2) is 4.42 Å². The van der Waals surface area contributed by atoms with Crippen molar-refractivity contribution in [2.45, 2.75) is 52.0 Å². The first-order chi connectivity index (χ1) is 12.8. The largest absolute Gasteiger partial charge is 0.480 e. The molecule has 3 heterocycles. The molecule has 8 heteroatoms. The molecule has 1 atom stereocenters. The lowest BCUT2D eigenvalue weighted by atomic mass is 9.76. The van der Waals surface area contributed by atoms with Crippen molar-refractivity contribution in [1.29, 1.82) is 0 Å². The Bertz CT molecular complexity index is 789. The molecular weight excluding hydrogens is 350 g/mol. The van der Waals surface area contributed by atoms with Crippen molar-refractivity contribution in [2.75, 3.05) is 19.6 Å². The van der Waals surface area contributed by atoms with Gasteiger partial charge in [0.05, 0.1) is 0 Å². The Labute approximate surface area is 157 Å². The standard InChI is InChI=1S/C19H25N3O5/c1-11-15(20-12(2)27-11)17(24)22-10-19(9-14(22)18(25)26)5-7-21(8-6-19)16(23)13-3-4-13/h13-14H,3-10H2,1-2H3,(H,25,26)/t14-/m0/s1. The summed E-state index contributed by atoms with van der Waals surface area (Å²) in [5.41, 5.74) is -0.0525. The number of amides is 2. The topological polar surface area (TPSA) is 104 Å². The van der Waals surface area contributed by atoms with E-state index in [1.807, 2.05) is 4.90 Å². The number of likely N-dealkylation sites (tertiary alicyclic amines) is 2. The van der Waals surface area contributed by atoms with Crippen molar-refractivity contribution in [3.8, 4) is 0 Å². The quantitative estimate of drug-likeness (QED) is 0.861. The highest BCUT2D eigenvalue weighted by Gasteiger charge is 2.51. The number of carboxylic acids is 1. The number of hydrogen-bond acceptors (Lipinski definition) is 5. The van der Waals surface area contributed by atoms with Gasteiger partial charge in [0.1, 0.15) is 11.8 Å². The molecule has 3 fully saturated rings. The first-order valence-corrected chi connectivity index (χ1v) is 9.56. The zero-order chi connectivity index (χ0) is 19.3. The third-order valence-corrected chi connectivity index (χ3v) is 6.22. The Morgan fingerprint density at radius 1 is 1.19 bits per heavy atom. The molecule has 0 unspecified atom stereocenters. The van der Waals surface area contributed by atoms with Crippen LogP contribution in [0, 0.1) is 25.2 Å². The van der Waals surface area contributed by atoms with Gasteiger partial charge in [-0.25, -0.2) is 9.78 Å². The van der Waals surface area contributed by atoms with Crippen molar-refractivity contribution in [2.24, 2.45) is 11.3 Å². The fraction of sp³-hybridized carbons (Fsp3) is 0.684. The molecule has 1 aromatic rings. The van der Waals surface area contributed by atoms with Gasteiger partial charge in [-0.2, -0.15) is 0 Å². The van der Waals surface area contributed by atoms with Crippen LogP contribution in [-0.2, 0) is 9.59 Å². The third-order valence-electron chi connectivity index (χ3n) is 6.22. The number of aryl methyl sites for hydroxylation is 2. The van der Waals surface area contributed by atoms with E-state index in [0.717, 1.165) is 25.7 Å². The number of hydrogen-bond donors (Lipinski definition) is 1. The fourth-order valence-corrected chi connectivity index (χ4v) is 4.51. The number of nitrogens with zero attached hydrogens (tertiary/aromatic N) is 3. The molecule has 1 saturated carbocycles. The summed E-state index contributed by atoms with van der Waals surface area (Å²) in [6.07, 6.45) is 3.86. The predicted octanol–water partition coefficient (Wildman–Crippen LogP) is 1.61. The fourth-order valence-electron chi connectivity index (χ4n) is 4.51. The Morgan fingerprint density at radius 3 is 2.37 bits per heavy atom. The lowest BCUT2D eigenvalue weighted by Gasteiger charge is -2.39. The lowest BCUT2D eigenvalue weighted by Crippen LogP contribution is -2.45. The summed E-state index contributed by atoms with van der Waals surface area (Å²) in [6.45, 7) is 5.00. The minimum Gasteiger partial charge on any atom is -0.480 e. The zero-order valence-electron chi connectivity index (χ0n) is 15.7. The van der Waals surface area contributed by atoms with Crippen LogP contribution < -0.4 is 0 Å². The van der Waals surface area contributed by atoms with Gasteiger partial charge in [0.15, 0.2) is 11.6 Å². The molecule has 2 aliphatic heterocycles. The van der Waals surface area contributed by atoms with Gasteiger partial charge in [0.25, 0.3) is 5.91 Å². The van der Waals surface area contributed by atoms with E-state index in [1.54, 1.807) is 13.8 Å². The van der Waals surface area contributed by atoms with Gasteiger partial charge in [-0.3, -0.25) is 9.59 Å². The minimum atomic E-state index is -0.991. The van der Waals surface area contributed by atoms with Crippen LogP contribution >= 0.6 is 0 Å². The van der Waals surface area contributed by atoms with Crippen LogP contribution in [-0.4, -0.2) is 63.4 Å². The van der Waals surface area contributed by atoms with Crippen LogP contribution in [0.3, 0.4) is 0 Å². The zero-order valence-corrected chi connectivity index (χ0v) is 15.7. The monoisotopic (exact) mass is 375 g/mol. The Morgan fingerprint density at radius 2 is 1.85 bits per heavy atom. The molecule has 4 rings (SSSR count). The van der Waals surface area contributed by atoms with Crippen LogP contribution in [0.1, 0.15) is 54.2 Å². The van der Waals surface area contributed by atoms with Crippen LogP contribution in [0.4, 0.5) is 0 Å². The third kappa shape index (κ3) is 3.21. The van der Waals surface area contributed by atoms with E-state index in [2.05, 4.69) is 4.98 Å². The van der Waals surface area contributed by atoms with Crippen LogP contribution in [0.25, 0.3) is 0 Å². The maximum Gasteiger partial charge on any atom is 0.326 e. The van der Waals surface area contributed by atoms with E-state index in [4.69, 9.17) is 4.42 Å². The summed E-state index contributed by atoms with van der Waals surface area (Å²) >= 11 is 0. The second kappa shape index (κ2) is 6.35. The lowest BCUT2D eigenvalue weighted by molar-refractivity contribution is -0.141. The molecule has 2 saturated heterocycles. The highest BCUT2D eigenvalue weighted by Crippen LogP contribution is 2.45. The van der Waals surface area contributed by atoms with E-state index < -0.39 is 12.0 Å². The Kier molecular flexibility index (Phi) is 4.24. The second-order valence-corrected chi connectivity index (χ2v) is 8.23. The summed E-state index contributed by atoms with van der Waals surface area (Å²) < 4.78 is 5.35. The average Bonchev–Trinajstić information content (AvgIpc) is 3.33. The average molecular weight is 375 g/mol. The number of carbonyl (C=O) groups is 3. The van der Waals surface area contributed by atoms with Gasteiger partial charge < -0.3 is 19.3 Å². The molecule has 8 nitrogen and oxygen atoms in total. The van der Waals surface area contributed by atoms with Gasteiger partial charge in [-0.15, -0.1) is 0 Å². The van der Waals surface area contributed by atoms with Gasteiger partial charge in [0.2, 0.25) is 5.91 Å². The first kappa shape index (κ1) is 18.0. The number of aliphatic carboxylic acids is 1. The molecule has 1 N–H and O–H groups in total. The number of carboxylic acid groups (broad SMARTS) is 1. The molecule has 0 aromatic carbocycles. The molecular formula is C19H25N3O5. The summed E-state index contributed by atoms with van der Waals surface area (Å²) in [5.74, 6) is -0.138. The number of aromatic nitrogens is 1. The maximum absolute atomic E-state index is 13.0. The van der Waals surface area contributed by atoms with E-state index >= 15 is 0 Å². The second-order valence-electron chi connectivity index (χ2n) is 8.23. The van der Waals surface area contributed by atoms with Crippen molar-refractivity contribution in [3.05, 3.63) is 17.3 Å². The van der Waals surface area contributed by atoms with Gasteiger partial charge in [-0.05, 0) is 44.4 Å². The van der Waals surface area contributed by atoms with E-state index in [0.29, 0.717) is 37.7 Å². The summed E-state index contributed by atoms with van der Waals surface area (Å²) in [6, 6.07) is -0.861. The van der Waals surface area contributed by atoms with Crippen LogP contribution in [0.2, 0.25) is 0 Å². The SMILES string of the molecule is Cc1nc(C(=O)N2CC3(CCN(C(=O)C4CC4)CC3)C[C@H]2C(=O)O)c(C)o1. The molecule has 146 valence electrons. The van der Waals surface area contributed by atoms with Gasteiger partial charge in [0, 0.05) is 32.5 Å². The molecule has 0 radical (unpaired) electrons. The molecule has 1 aliphatic carbocycles. The van der Waals surface area contributed by atoms with Crippen LogP contribution in [0.5, 0.6) is 0 Å². The minimum absolute atomic E-state index is 0.192. The molecule has 0 bridgehead atoms.